The van der Waals surface area contributed by atoms with E-state index >= 15 is 0 Å². The number of aromatic nitrogens is 5. The van der Waals surface area contributed by atoms with E-state index in [0.29, 0.717) is 5.82 Å². The second-order valence-electron chi connectivity index (χ2n) is 11.3. The molecule has 1 spiro atoms. The molecule has 200 valence electrons. The van der Waals surface area contributed by atoms with Crippen LogP contribution in [0.25, 0.3) is 65.8 Å². The molecule has 2 aliphatic rings. The molecule has 2 radical (unpaired) electrons. The third kappa shape index (κ3) is 2.76. The van der Waals surface area contributed by atoms with Crippen LogP contribution in [0.3, 0.4) is 0 Å². The van der Waals surface area contributed by atoms with E-state index in [2.05, 4.69) is 130 Å². The van der Waals surface area contributed by atoms with Crippen LogP contribution in [0, 0.1) is 0 Å². The predicted octanol–water partition coefficient (Wildman–Crippen LogP) is 7.58. The monoisotopic (exact) mass is 599 g/mol. The standard InChI is InChI=1S/C33H23BN5OS.V/c1-19(2)34-33-35-25-18-16-20-15-17-24-29(21-9-4-3-5-10-21)36-39-31(24)28(20)32(25)38(33)41(39)37-26-13-7-6-11-22(26)23-12-8-14-27(40-41)30(23)37;/h3-19H,1-2H3;. The quantitative estimate of drug-likeness (QED) is 0.197. The van der Waals surface area contributed by atoms with Crippen molar-refractivity contribution in [3.05, 3.63) is 97.1 Å². The second kappa shape index (κ2) is 8.25. The van der Waals surface area contributed by atoms with E-state index < -0.39 is 10.9 Å². The molecule has 3 aromatic heterocycles. The molecule has 9 heteroatoms. The number of fused-ring (bicyclic) bond motifs is 6. The van der Waals surface area contributed by atoms with Gasteiger partial charge in [0.25, 0.3) is 0 Å². The molecule has 0 saturated carbocycles. The Morgan fingerprint density at radius 1 is 0.738 bits per heavy atom. The average Bonchev–Trinajstić information content (AvgIpc) is 3.74. The Kier molecular flexibility index (Phi) is 4.81. The molecular formula is C33H23BN5OSV. The summed E-state index contributed by atoms with van der Waals surface area (Å²) in [7, 11) is -0.244. The average molecular weight is 599 g/mol. The maximum Gasteiger partial charge on any atom is 0.206 e. The fourth-order valence-corrected chi connectivity index (χ4v) is 10.2. The molecule has 5 aromatic carbocycles. The first-order valence-electron chi connectivity index (χ1n) is 14.0. The van der Waals surface area contributed by atoms with E-state index in [4.69, 9.17) is 14.3 Å². The minimum atomic E-state index is -2.50. The first-order valence-corrected chi connectivity index (χ1v) is 15.4. The van der Waals surface area contributed by atoms with E-state index in [1.54, 1.807) is 0 Å². The molecule has 10 rings (SSSR count). The van der Waals surface area contributed by atoms with Gasteiger partial charge in [-0.25, -0.2) is 12.9 Å². The number of hydrogen-bond acceptors (Lipinski definition) is 3. The van der Waals surface area contributed by atoms with Crippen LogP contribution in [-0.2, 0) is 18.6 Å². The second-order valence-corrected chi connectivity index (χ2v) is 13.5. The number of hydrogen-bond donors (Lipinski definition) is 0. The molecule has 0 bridgehead atoms. The maximum absolute atomic E-state index is 7.35. The van der Waals surface area contributed by atoms with Crippen molar-refractivity contribution in [2.75, 3.05) is 0 Å². The van der Waals surface area contributed by atoms with Crippen LogP contribution in [0.4, 0.5) is 0 Å². The van der Waals surface area contributed by atoms with Gasteiger partial charge in [0.15, 0.2) is 16.6 Å². The van der Waals surface area contributed by atoms with Crippen molar-refractivity contribution in [2.24, 2.45) is 0 Å². The van der Waals surface area contributed by atoms with E-state index in [-0.39, 0.29) is 18.6 Å². The minimum Gasteiger partial charge on any atom is -0.393 e. The molecule has 1 unspecified atom stereocenters. The van der Waals surface area contributed by atoms with Gasteiger partial charge < -0.3 is 4.18 Å². The summed E-state index contributed by atoms with van der Waals surface area (Å²) in [6.45, 7) is 4.41. The normalized spacial score (nSPS) is 18.2. The Morgan fingerprint density at radius 2 is 1.52 bits per heavy atom. The summed E-state index contributed by atoms with van der Waals surface area (Å²) in [5.74, 6) is 1.18. The Morgan fingerprint density at radius 3 is 2.38 bits per heavy atom. The summed E-state index contributed by atoms with van der Waals surface area (Å²) in [5.41, 5.74) is 8.40. The predicted molar refractivity (Wildman–Crippen MR) is 170 cm³/mol. The van der Waals surface area contributed by atoms with E-state index in [1.165, 1.54) is 21.5 Å². The van der Waals surface area contributed by atoms with Crippen LogP contribution in [0.5, 0.6) is 5.75 Å². The number of imidazole rings is 1. The third-order valence-electron chi connectivity index (χ3n) is 8.44. The smallest absolute Gasteiger partial charge is 0.206 e. The van der Waals surface area contributed by atoms with E-state index in [0.717, 1.165) is 55.7 Å². The summed E-state index contributed by atoms with van der Waals surface area (Å²) in [5, 5.41) is 11.4. The van der Waals surface area contributed by atoms with Gasteiger partial charge in [0, 0.05) is 45.7 Å². The summed E-state index contributed by atoms with van der Waals surface area (Å²) in [6.07, 6.45) is 0. The Labute approximate surface area is 255 Å². The van der Waals surface area contributed by atoms with Crippen LogP contribution in [0.2, 0.25) is 5.82 Å². The first kappa shape index (κ1) is 24.5. The van der Waals surface area contributed by atoms with Crippen LogP contribution in [0.1, 0.15) is 13.8 Å². The molecular weight excluding hydrogens is 576 g/mol. The molecule has 1 atom stereocenters. The Hall–Kier alpha value is -4.10. The van der Waals surface area contributed by atoms with Crippen LogP contribution >= 0.6 is 10.9 Å². The summed E-state index contributed by atoms with van der Waals surface area (Å²) < 4.78 is 14.4. The summed E-state index contributed by atoms with van der Waals surface area (Å²) in [6, 6.07) is 34.3. The molecule has 0 saturated heterocycles. The van der Waals surface area contributed by atoms with Gasteiger partial charge in [-0.3, -0.25) is 0 Å². The van der Waals surface area contributed by atoms with Gasteiger partial charge >= 0.3 is 0 Å². The molecule has 5 heterocycles. The number of para-hydroxylation sites is 2. The zero-order valence-corrected chi connectivity index (χ0v) is 25.1. The van der Waals surface area contributed by atoms with Crippen LogP contribution in [0.15, 0.2) is 97.1 Å². The zero-order chi connectivity index (χ0) is 27.0. The van der Waals surface area contributed by atoms with Crippen molar-refractivity contribution in [2.45, 2.75) is 19.7 Å². The largest absolute Gasteiger partial charge is 0.393 e. The maximum atomic E-state index is 7.35. The molecule has 6 nitrogen and oxygen atoms in total. The van der Waals surface area contributed by atoms with Crippen molar-refractivity contribution in [1.82, 2.24) is 22.1 Å². The van der Waals surface area contributed by atoms with Gasteiger partial charge in [-0.15, -0.1) is 0 Å². The van der Waals surface area contributed by atoms with Gasteiger partial charge in [-0.1, -0.05) is 92.5 Å². The Balaban J connectivity index is 0.00000250. The van der Waals surface area contributed by atoms with Gasteiger partial charge in [-0.05, 0) is 29.7 Å². The summed E-state index contributed by atoms with van der Waals surface area (Å²) in [4.78, 5) is 5.24. The van der Waals surface area contributed by atoms with Gasteiger partial charge in [0.05, 0.1) is 27.8 Å². The van der Waals surface area contributed by atoms with Gasteiger partial charge in [0.2, 0.25) is 7.28 Å². The topological polar surface area (TPSA) is 49.8 Å². The van der Waals surface area contributed by atoms with Crippen LogP contribution < -0.4 is 9.91 Å². The van der Waals surface area contributed by atoms with Crippen molar-refractivity contribution in [3.63, 3.8) is 0 Å². The van der Waals surface area contributed by atoms with Crippen LogP contribution in [-0.4, -0.2) is 29.4 Å². The van der Waals surface area contributed by atoms with Crippen molar-refractivity contribution >= 4 is 78.4 Å². The zero-order valence-electron chi connectivity index (χ0n) is 22.9. The number of nitrogens with zero attached hydrogens (tertiary/aromatic N) is 5. The van der Waals surface area contributed by atoms with Crippen molar-refractivity contribution in [3.8, 4) is 17.0 Å². The molecule has 8 aromatic rings. The molecule has 0 amide bonds. The molecule has 0 aliphatic carbocycles. The third-order valence-corrected chi connectivity index (χ3v) is 11.3. The first-order chi connectivity index (χ1) is 20.1. The molecule has 0 N–H and O–H groups in total. The fraction of sp³-hybridized carbons (Fsp3) is 0.0909. The van der Waals surface area contributed by atoms with Crippen molar-refractivity contribution < 1.29 is 22.7 Å². The van der Waals surface area contributed by atoms with E-state index in [1.807, 2.05) is 0 Å². The SMILES string of the molecule is CC(C)[B]c1nc2ccc3ccc4c(-c5ccccc5)nn5c4c3c2n1S51Oc2cccc3c4ccccc4n1c23.[V]. The number of benzene rings is 5. The van der Waals surface area contributed by atoms with Crippen molar-refractivity contribution in [1.29, 1.82) is 0 Å². The number of rotatable bonds is 3. The molecule has 2 aliphatic heterocycles. The molecule has 0 fully saturated rings. The van der Waals surface area contributed by atoms with E-state index in [9.17, 15) is 0 Å². The van der Waals surface area contributed by atoms with Gasteiger partial charge in [-0.2, -0.15) is 9.19 Å². The molecule has 42 heavy (non-hydrogen) atoms. The Bertz CT molecular complexity index is 2430. The van der Waals surface area contributed by atoms with Gasteiger partial charge in [0.1, 0.15) is 11.2 Å². The minimum absolute atomic E-state index is 0. The summed E-state index contributed by atoms with van der Waals surface area (Å²) >= 11 is 0. The fourth-order valence-electron chi connectivity index (χ4n) is 6.89.